The van der Waals surface area contributed by atoms with Crippen LogP contribution in [0, 0.1) is 0 Å². The van der Waals surface area contributed by atoms with Crippen molar-refractivity contribution in [3.8, 4) is 11.3 Å². The summed E-state index contributed by atoms with van der Waals surface area (Å²) in [6.07, 6.45) is 5.14. The summed E-state index contributed by atoms with van der Waals surface area (Å²) in [6, 6.07) is 1.90. The number of furan rings is 1. The minimum Gasteiger partial charge on any atom is -0.472 e. The van der Waals surface area contributed by atoms with Gasteiger partial charge >= 0.3 is 0 Å². The second-order valence-corrected chi connectivity index (χ2v) is 2.98. The molecule has 1 N–H and O–H groups in total. The number of alkyl halides is 1. The molecule has 0 saturated carbocycles. The largest absolute Gasteiger partial charge is 0.472 e. The summed E-state index contributed by atoms with van der Waals surface area (Å²) in [4.78, 5) is 0. The number of hydrogen-bond donors (Lipinski definition) is 1. The molecule has 2 aromatic heterocycles. The van der Waals surface area contributed by atoms with Gasteiger partial charge in [0.15, 0.2) is 0 Å². The molecule has 4 heteroatoms. The summed E-state index contributed by atoms with van der Waals surface area (Å²) in [5.74, 6) is 0. The summed E-state index contributed by atoms with van der Waals surface area (Å²) >= 11 is 3.38. The lowest BCUT2D eigenvalue weighted by Crippen LogP contribution is -1.79. The molecule has 0 aliphatic rings. The molecule has 12 heavy (non-hydrogen) atoms. The van der Waals surface area contributed by atoms with E-state index in [-0.39, 0.29) is 0 Å². The topological polar surface area (TPSA) is 41.8 Å². The highest BCUT2D eigenvalue weighted by Gasteiger charge is 2.06. The van der Waals surface area contributed by atoms with Crippen LogP contribution in [0.1, 0.15) is 5.56 Å². The quantitative estimate of drug-likeness (QED) is 0.801. The predicted molar refractivity (Wildman–Crippen MR) is 48.9 cm³/mol. The maximum atomic E-state index is 4.97. The van der Waals surface area contributed by atoms with Gasteiger partial charge in [-0.3, -0.25) is 5.10 Å². The molecular formula is C8H7BrN2O. The lowest BCUT2D eigenvalue weighted by Gasteiger charge is -1.93. The molecule has 0 atom stereocenters. The Hall–Kier alpha value is -1.03. The monoisotopic (exact) mass is 226 g/mol. The summed E-state index contributed by atoms with van der Waals surface area (Å²) in [5.41, 5.74) is 3.18. The van der Waals surface area contributed by atoms with Gasteiger partial charge in [0.1, 0.15) is 0 Å². The van der Waals surface area contributed by atoms with Crippen molar-refractivity contribution in [2.45, 2.75) is 5.33 Å². The summed E-state index contributed by atoms with van der Waals surface area (Å²) in [6.45, 7) is 0. The first-order valence-corrected chi connectivity index (χ1v) is 4.64. The van der Waals surface area contributed by atoms with E-state index in [1.807, 2.05) is 6.07 Å². The zero-order valence-electron chi connectivity index (χ0n) is 6.25. The Kier molecular flexibility index (Phi) is 1.99. The van der Waals surface area contributed by atoms with Crippen LogP contribution in [0.3, 0.4) is 0 Å². The molecule has 0 saturated heterocycles. The number of nitrogens with zero attached hydrogens (tertiary/aromatic N) is 1. The van der Waals surface area contributed by atoms with Crippen molar-refractivity contribution in [1.82, 2.24) is 10.2 Å². The average Bonchev–Trinajstić information content (AvgIpc) is 2.74. The van der Waals surface area contributed by atoms with Crippen molar-refractivity contribution in [2.24, 2.45) is 0 Å². The molecule has 0 aromatic carbocycles. The van der Waals surface area contributed by atoms with Crippen molar-refractivity contribution >= 4 is 15.9 Å². The number of aromatic amines is 1. The number of rotatable bonds is 2. The number of halogens is 1. The van der Waals surface area contributed by atoms with Gasteiger partial charge in [0.25, 0.3) is 0 Å². The first-order chi connectivity index (χ1) is 5.92. The van der Waals surface area contributed by atoms with Gasteiger partial charge in [-0.1, -0.05) is 15.9 Å². The molecule has 2 rings (SSSR count). The van der Waals surface area contributed by atoms with Crippen molar-refractivity contribution in [3.05, 3.63) is 30.4 Å². The second kappa shape index (κ2) is 3.15. The minimum atomic E-state index is 0.796. The van der Waals surface area contributed by atoms with Crippen LogP contribution >= 0.6 is 15.9 Å². The van der Waals surface area contributed by atoms with Crippen LogP contribution in [0.2, 0.25) is 0 Å². The molecule has 0 amide bonds. The van der Waals surface area contributed by atoms with Gasteiger partial charge in [0.2, 0.25) is 0 Å². The fraction of sp³-hybridized carbons (Fsp3) is 0.125. The minimum absolute atomic E-state index is 0.796. The zero-order valence-corrected chi connectivity index (χ0v) is 7.84. The van der Waals surface area contributed by atoms with Gasteiger partial charge in [-0.2, -0.15) is 5.10 Å². The lowest BCUT2D eigenvalue weighted by molar-refractivity contribution is 0.568. The van der Waals surface area contributed by atoms with Crippen molar-refractivity contribution in [2.75, 3.05) is 0 Å². The lowest BCUT2D eigenvalue weighted by atomic mass is 10.2. The average molecular weight is 227 g/mol. The molecule has 2 heterocycles. The fourth-order valence-corrected chi connectivity index (χ4v) is 1.49. The molecule has 0 radical (unpaired) electrons. The fourth-order valence-electron chi connectivity index (χ4n) is 1.07. The van der Waals surface area contributed by atoms with E-state index >= 15 is 0 Å². The highest BCUT2D eigenvalue weighted by Crippen LogP contribution is 2.22. The summed E-state index contributed by atoms with van der Waals surface area (Å²) in [5, 5.41) is 7.67. The highest BCUT2D eigenvalue weighted by molar-refractivity contribution is 9.08. The van der Waals surface area contributed by atoms with Crippen LogP contribution in [0.4, 0.5) is 0 Å². The maximum absolute atomic E-state index is 4.97. The predicted octanol–water partition coefficient (Wildman–Crippen LogP) is 2.56. The summed E-state index contributed by atoms with van der Waals surface area (Å²) < 4.78 is 4.97. The van der Waals surface area contributed by atoms with E-state index in [9.17, 15) is 0 Å². The van der Waals surface area contributed by atoms with Crippen LogP contribution in [0.5, 0.6) is 0 Å². The van der Waals surface area contributed by atoms with Gasteiger partial charge in [-0.05, 0) is 6.07 Å². The molecule has 0 spiro atoms. The molecule has 3 nitrogen and oxygen atoms in total. The van der Waals surface area contributed by atoms with Crippen molar-refractivity contribution < 1.29 is 4.42 Å². The number of hydrogen-bond acceptors (Lipinski definition) is 2. The first-order valence-electron chi connectivity index (χ1n) is 3.52. The van der Waals surface area contributed by atoms with Crippen LogP contribution < -0.4 is 0 Å². The van der Waals surface area contributed by atoms with E-state index in [1.165, 1.54) is 0 Å². The van der Waals surface area contributed by atoms with Gasteiger partial charge in [0, 0.05) is 16.5 Å². The Labute approximate surface area is 77.9 Å². The molecule has 0 fully saturated rings. The third kappa shape index (κ3) is 1.18. The Morgan fingerprint density at radius 1 is 1.58 bits per heavy atom. The summed E-state index contributed by atoms with van der Waals surface area (Å²) in [7, 11) is 0. The SMILES string of the molecule is BrCc1cn[nH]c1-c1ccoc1. The van der Waals surface area contributed by atoms with E-state index in [1.54, 1.807) is 18.7 Å². The smallest absolute Gasteiger partial charge is 0.0996 e. The zero-order chi connectivity index (χ0) is 8.39. The van der Waals surface area contributed by atoms with E-state index in [0.717, 1.165) is 22.2 Å². The maximum Gasteiger partial charge on any atom is 0.0996 e. The Morgan fingerprint density at radius 3 is 3.17 bits per heavy atom. The van der Waals surface area contributed by atoms with Crippen LogP contribution in [-0.4, -0.2) is 10.2 Å². The number of H-pyrrole nitrogens is 1. The number of aromatic nitrogens is 2. The van der Waals surface area contributed by atoms with Gasteiger partial charge in [-0.15, -0.1) is 0 Å². The number of nitrogens with one attached hydrogen (secondary N) is 1. The third-order valence-corrected chi connectivity index (χ3v) is 2.28. The Balaban J connectivity index is 2.46. The van der Waals surface area contributed by atoms with Crippen LogP contribution in [-0.2, 0) is 5.33 Å². The molecule has 2 aromatic rings. The third-order valence-electron chi connectivity index (χ3n) is 1.67. The molecule has 0 aliphatic heterocycles. The van der Waals surface area contributed by atoms with E-state index in [2.05, 4.69) is 26.1 Å². The highest BCUT2D eigenvalue weighted by atomic mass is 79.9. The molecule has 0 unspecified atom stereocenters. The Bertz CT molecular complexity index is 353. The molecular weight excluding hydrogens is 220 g/mol. The van der Waals surface area contributed by atoms with E-state index in [0.29, 0.717) is 0 Å². The molecule has 62 valence electrons. The van der Waals surface area contributed by atoms with Gasteiger partial charge in [-0.25, -0.2) is 0 Å². The van der Waals surface area contributed by atoms with E-state index < -0.39 is 0 Å². The van der Waals surface area contributed by atoms with Gasteiger partial charge < -0.3 is 4.42 Å². The first kappa shape index (κ1) is 7.61. The molecule has 0 aliphatic carbocycles. The normalized spacial score (nSPS) is 10.4. The Morgan fingerprint density at radius 2 is 2.50 bits per heavy atom. The van der Waals surface area contributed by atoms with E-state index in [4.69, 9.17) is 4.42 Å². The van der Waals surface area contributed by atoms with Crippen molar-refractivity contribution in [1.29, 1.82) is 0 Å². The van der Waals surface area contributed by atoms with Crippen LogP contribution in [0.15, 0.2) is 29.2 Å². The molecule has 0 bridgehead atoms. The van der Waals surface area contributed by atoms with Crippen LogP contribution in [0.25, 0.3) is 11.3 Å². The standard InChI is InChI=1S/C8H7BrN2O/c9-3-7-4-10-11-8(7)6-1-2-12-5-6/h1-2,4-5H,3H2,(H,10,11). The van der Waals surface area contributed by atoms with Crippen molar-refractivity contribution in [3.63, 3.8) is 0 Å². The second-order valence-electron chi connectivity index (χ2n) is 2.42. The van der Waals surface area contributed by atoms with Gasteiger partial charge in [0.05, 0.1) is 24.4 Å².